The Hall–Kier alpha value is -2.45. The molecule has 0 aliphatic carbocycles. The lowest BCUT2D eigenvalue weighted by Crippen LogP contribution is -2.46. The highest BCUT2D eigenvalue weighted by atomic mass is 79.9. The number of carbonyl (C=O) groups is 1. The van der Waals surface area contributed by atoms with E-state index >= 15 is 0 Å². The Bertz CT molecular complexity index is 898. The van der Waals surface area contributed by atoms with Crippen LogP contribution in [0.4, 0.5) is 11.4 Å². The highest BCUT2D eigenvalue weighted by Crippen LogP contribution is 2.36. The van der Waals surface area contributed by atoms with Crippen molar-refractivity contribution in [3.8, 4) is 0 Å². The normalized spacial score (nSPS) is 21.7. The highest BCUT2D eigenvalue weighted by Gasteiger charge is 2.35. The van der Waals surface area contributed by atoms with Crippen LogP contribution < -0.4 is 5.32 Å². The number of anilines is 1. The van der Waals surface area contributed by atoms with Gasteiger partial charge in [-0.1, -0.05) is 18.2 Å². The summed E-state index contributed by atoms with van der Waals surface area (Å²) in [5.74, 6) is -0.101. The van der Waals surface area contributed by atoms with Crippen LogP contribution in [0.1, 0.15) is 34.9 Å². The first-order valence-electron chi connectivity index (χ1n) is 8.76. The first-order chi connectivity index (χ1) is 13.0. The summed E-state index contributed by atoms with van der Waals surface area (Å²) >= 11 is 3.22. The molecule has 0 saturated carbocycles. The van der Waals surface area contributed by atoms with Crippen molar-refractivity contribution in [2.75, 3.05) is 18.5 Å². The van der Waals surface area contributed by atoms with Gasteiger partial charge in [-0.3, -0.25) is 14.9 Å². The molecule has 2 heterocycles. The van der Waals surface area contributed by atoms with Crippen molar-refractivity contribution < 1.29 is 14.5 Å². The fourth-order valence-electron chi connectivity index (χ4n) is 3.59. The number of benzene rings is 2. The topological polar surface area (TPSA) is 84.7 Å². The molecule has 1 N–H and O–H groups in total. The number of nitro groups is 1. The number of hydrogen-bond donors (Lipinski definition) is 1. The van der Waals surface area contributed by atoms with Gasteiger partial charge in [0.25, 0.3) is 11.6 Å². The Morgan fingerprint density at radius 1 is 1.30 bits per heavy atom. The summed E-state index contributed by atoms with van der Waals surface area (Å²) in [5.41, 5.74) is 1.95. The van der Waals surface area contributed by atoms with E-state index in [1.165, 1.54) is 6.07 Å². The summed E-state index contributed by atoms with van der Waals surface area (Å²) in [6.07, 6.45) is 1.36. The quantitative estimate of drug-likeness (QED) is 0.581. The van der Waals surface area contributed by atoms with Crippen molar-refractivity contribution in [2.24, 2.45) is 0 Å². The second-order valence-corrected chi connectivity index (χ2v) is 7.51. The number of ether oxygens (including phenoxy) is 1. The Morgan fingerprint density at radius 2 is 2.11 bits per heavy atom. The molecule has 27 heavy (non-hydrogen) atoms. The van der Waals surface area contributed by atoms with Crippen LogP contribution in [0.2, 0.25) is 0 Å². The largest absolute Gasteiger partial charge is 0.376 e. The van der Waals surface area contributed by atoms with Crippen LogP contribution in [0, 0.1) is 10.1 Å². The van der Waals surface area contributed by atoms with Gasteiger partial charge >= 0.3 is 0 Å². The van der Waals surface area contributed by atoms with Crippen LogP contribution in [0.25, 0.3) is 0 Å². The number of halogens is 1. The number of fused-ring (bicyclic) bond motifs is 1. The van der Waals surface area contributed by atoms with Gasteiger partial charge in [-0.05, 0) is 47.0 Å². The molecule has 0 aromatic heterocycles. The summed E-state index contributed by atoms with van der Waals surface area (Å²) in [4.78, 5) is 25.8. The van der Waals surface area contributed by atoms with Crippen LogP contribution in [-0.4, -0.2) is 35.0 Å². The molecule has 2 aromatic rings. The lowest BCUT2D eigenvalue weighted by molar-refractivity contribution is -0.385. The summed E-state index contributed by atoms with van der Waals surface area (Å²) in [6, 6.07) is 12.3. The maximum atomic E-state index is 13.2. The SMILES string of the molecule is O=C1c2ccccc2N[C@H](c2ccc(Br)c([N+](=O)[O-])c2)N1C[C@H]1CCCO1. The monoisotopic (exact) mass is 431 g/mol. The highest BCUT2D eigenvalue weighted by molar-refractivity contribution is 9.10. The van der Waals surface area contributed by atoms with Crippen LogP contribution in [0.15, 0.2) is 46.9 Å². The molecule has 1 fully saturated rings. The molecule has 0 radical (unpaired) electrons. The molecule has 2 aliphatic rings. The van der Waals surface area contributed by atoms with Gasteiger partial charge in [0, 0.05) is 30.5 Å². The van der Waals surface area contributed by atoms with E-state index in [1.807, 2.05) is 18.2 Å². The lowest BCUT2D eigenvalue weighted by Gasteiger charge is -2.39. The van der Waals surface area contributed by atoms with Crippen molar-refractivity contribution in [3.05, 3.63) is 68.2 Å². The molecule has 1 amide bonds. The molecule has 140 valence electrons. The molecular formula is C19H18BrN3O4. The summed E-state index contributed by atoms with van der Waals surface area (Å²) in [6.45, 7) is 1.14. The Kier molecular flexibility index (Phi) is 4.84. The third kappa shape index (κ3) is 3.42. The molecule has 2 aromatic carbocycles. The molecule has 4 rings (SSSR count). The van der Waals surface area contributed by atoms with E-state index in [9.17, 15) is 14.9 Å². The first kappa shape index (κ1) is 17.9. The predicted octanol–water partition coefficient (Wildman–Crippen LogP) is 4.10. The predicted molar refractivity (Wildman–Crippen MR) is 104 cm³/mol. The van der Waals surface area contributed by atoms with E-state index in [0.717, 1.165) is 18.5 Å². The fourth-order valence-corrected chi connectivity index (χ4v) is 3.98. The second-order valence-electron chi connectivity index (χ2n) is 6.65. The van der Waals surface area contributed by atoms with Crippen molar-refractivity contribution >= 4 is 33.2 Å². The van der Waals surface area contributed by atoms with Crippen LogP contribution in [-0.2, 0) is 4.74 Å². The number of nitro benzene ring substituents is 1. The van der Waals surface area contributed by atoms with E-state index in [-0.39, 0.29) is 17.7 Å². The minimum Gasteiger partial charge on any atom is -0.376 e. The van der Waals surface area contributed by atoms with Crippen LogP contribution in [0.5, 0.6) is 0 Å². The van der Waals surface area contributed by atoms with Crippen molar-refractivity contribution in [3.63, 3.8) is 0 Å². The summed E-state index contributed by atoms with van der Waals surface area (Å²) in [7, 11) is 0. The molecule has 2 atom stereocenters. The second kappa shape index (κ2) is 7.28. The molecular weight excluding hydrogens is 414 g/mol. The van der Waals surface area contributed by atoms with Gasteiger partial charge < -0.3 is 15.0 Å². The molecule has 2 aliphatic heterocycles. The molecule has 1 saturated heterocycles. The lowest BCUT2D eigenvalue weighted by atomic mass is 10.0. The number of hydrogen-bond acceptors (Lipinski definition) is 5. The van der Waals surface area contributed by atoms with E-state index in [2.05, 4.69) is 21.2 Å². The van der Waals surface area contributed by atoms with Crippen molar-refractivity contribution in [2.45, 2.75) is 25.1 Å². The average molecular weight is 432 g/mol. The zero-order valence-electron chi connectivity index (χ0n) is 14.4. The van der Waals surface area contributed by atoms with Gasteiger partial charge in [0.1, 0.15) is 6.17 Å². The zero-order valence-corrected chi connectivity index (χ0v) is 16.0. The van der Waals surface area contributed by atoms with Gasteiger partial charge in [0.2, 0.25) is 0 Å². The Morgan fingerprint density at radius 3 is 2.85 bits per heavy atom. The average Bonchev–Trinajstić information content (AvgIpc) is 3.17. The van der Waals surface area contributed by atoms with Crippen molar-refractivity contribution in [1.29, 1.82) is 0 Å². The van der Waals surface area contributed by atoms with Crippen LogP contribution in [0.3, 0.4) is 0 Å². The van der Waals surface area contributed by atoms with Gasteiger partial charge in [0.05, 0.1) is 21.1 Å². The number of para-hydroxylation sites is 1. The molecule has 0 unspecified atom stereocenters. The van der Waals surface area contributed by atoms with Crippen LogP contribution >= 0.6 is 15.9 Å². The smallest absolute Gasteiger partial charge is 0.283 e. The zero-order chi connectivity index (χ0) is 19.0. The third-order valence-corrected chi connectivity index (χ3v) is 5.60. The maximum absolute atomic E-state index is 13.2. The Labute approximate surface area is 164 Å². The number of amides is 1. The van der Waals surface area contributed by atoms with E-state index in [1.54, 1.807) is 23.1 Å². The van der Waals surface area contributed by atoms with Crippen molar-refractivity contribution in [1.82, 2.24) is 4.90 Å². The van der Waals surface area contributed by atoms with E-state index in [4.69, 9.17) is 4.74 Å². The number of carbonyl (C=O) groups excluding carboxylic acids is 1. The minimum atomic E-state index is -0.497. The maximum Gasteiger partial charge on any atom is 0.283 e. The third-order valence-electron chi connectivity index (χ3n) is 4.93. The number of nitrogens with zero attached hydrogens (tertiary/aromatic N) is 2. The van der Waals surface area contributed by atoms with Gasteiger partial charge in [-0.25, -0.2) is 0 Å². The van der Waals surface area contributed by atoms with E-state index in [0.29, 0.717) is 28.8 Å². The molecule has 8 heteroatoms. The van der Waals surface area contributed by atoms with Gasteiger partial charge in [0.15, 0.2) is 0 Å². The summed E-state index contributed by atoms with van der Waals surface area (Å²) < 4.78 is 6.13. The molecule has 0 spiro atoms. The van der Waals surface area contributed by atoms with Gasteiger partial charge in [-0.15, -0.1) is 0 Å². The number of nitrogens with one attached hydrogen (secondary N) is 1. The molecule has 0 bridgehead atoms. The summed E-state index contributed by atoms with van der Waals surface area (Å²) in [5, 5.41) is 14.7. The standard InChI is InChI=1S/C19H18BrN3O4/c20-15-8-7-12(10-17(15)23(25)26)18-21-16-6-2-1-5-14(16)19(24)22(18)11-13-4-3-9-27-13/h1-2,5-8,10,13,18,21H,3-4,9,11H2/t13-,18+/m1/s1. The van der Waals surface area contributed by atoms with Gasteiger partial charge in [-0.2, -0.15) is 0 Å². The fraction of sp³-hybridized carbons (Fsp3) is 0.316. The Balaban J connectivity index is 1.74. The van der Waals surface area contributed by atoms with E-state index < -0.39 is 11.1 Å². The number of rotatable bonds is 4. The first-order valence-corrected chi connectivity index (χ1v) is 9.56. The molecule has 7 nitrogen and oxygen atoms in total. The minimum absolute atomic E-state index is 0.0195.